The number of alkyl halides is 3. The fraction of sp³-hybridized carbons (Fsp3) is 0.258. The van der Waals surface area contributed by atoms with Gasteiger partial charge in [-0.1, -0.05) is 36.4 Å². The molecule has 0 aliphatic carbocycles. The van der Waals surface area contributed by atoms with E-state index in [4.69, 9.17) is 21.7 Å². The Morgan fingerprint density at radius 3 is 1.97 bits per heavy atom. The molecule has 0 unspecified atom stereocenters. The highest BCUT2D eigenvalue weighted by molar-refractivity contribution is 7.80. The molecular weight excluding hydrogens is 1170 g/mol. The number of esters is 1. The predicted octanol–water partition coefficient (Wildman–Crippen LogP) is 7.63. The van der Waals surface area contributed by atoms with Crippen LogP contribution in [0.3, 0.4) is 0 Å². The summed E-state index contributed by atoms with van der Waals surface area (Å²) in [4.78, 5) is 101. The number of anilines is 1. The van der Waals surface area contributed by atoms with Gasteiger partial charge in [-0.15, -0.1) is 13.2 Å². The molecule has 3 heterocycles. The summed E-state index contributed by atoms with van der Waals surface area (Å²) in [5, 5.41) is 56.3. The number of carboxylic acid groups (broad SMARTS) is 2. The number of aromatic nitrogens is 2. The molecule has 22 nitrogen and oxygen atoms in total. The Kier molecular flexibility index (Phi) is 18.4. The summed E-state index contributed by atoms with van der Waals surface area (Å²) >= 11 is 5.48. The number of amides is 4. The maximum Gasteiger partial charge on any atom is 0.573 e. The van der Waals surface area contributed by atoms with E-state index in [2.05, 4.69) is 46.6 Å². The highest BCUT2D eigenvalue weighted by atomic mass is 32.1. The van der Waals surface area contributed by atoms with Crippen LogP contribution >= 0.6 is 12.2 Å². The number of carbonyl (C=O) groups is 7. The molecule has 7 aromatic rings. The van der Waals surface area contributed by atoms with Gasteiger partial charge in [0.2, 0.25) is 17.7 Å². The maximum atomic E-state index is 13.8. The fourth-order valence-electron chi connectivity index (χ4n) is 10.3. The van der Waals surface area contributed by atoms with Gasteiger partial charge in [0.25, 0.3) is 5.91 Å². The minimum Gasteiger partial charge on any atom is -0.508 e. The summed E-state index contributed by atoms with van der Waals surface area (Å²) in [6.45, 7) is 5.09. The number of rotatable bonds is 22. The molecule has 88 heavy (non-hydrogen) atoms. The molecule has 4 amide bonds. The van der Waals surface area contributed by atoms with Crippen molar-refractivity contribution in [1.29, 1.82) is 0 Å². The third kappa shape index (κ3) is 14.5. The molecule has 0 saturated heterocycles. The zero-order valence-corrected chi connectivity index (χ0v) is 48.0. The summed E-state index contributed by atoms with van der Waals surface area (Å²) in [6.07, 6.45) is -5.70. The minimum absolute atomic E-state index is 0.0671. The SMILES string of the molecule is Cc1cc(OC(F)(F)F)ccc1-c1ccc(C[C@@H](NC(=O)c2ccc3nc(C)c(C)nc3c2)C(=O)NCCC(=O)N[C@H](CC(=O)N[C@H](CCCCNC(=S)Nc2ccc3c(c2)C(=O)OC32c3ccc(O)cc3Oc3cc(O)ccc32)C(=O)O)C(=O)O)cc1. The molecule has 6 aromatic carbocycles. The molecule has 9 rings (SSSR count). The number of carbonyl (C=O) groups excluding carboxylic acids is 5. The van der Waals surface area contributed by atoms with Gasteiger partial charge in [-0.2, -0.15) is 0 Å². The van der Waals surface area contributed by atoms with Crippen LogP contribution in [0, 0.1) is 20.8 Å². The second-order valence-electron chi connectivity index (χ2n) is 20.9. The number of nitrogens with one attached hydrogen (secondary N) is 6. The zero-order valence-electron chi connectivity index (χ0n) is 47.2. The van der Waals surface area contributed by atoms with E-state index in [1.54, 1.807) is 81.4 Å². The Labute approximate surface area is 504 Å². The first-order chi connectivity index (χ1) is 41.8. The van der Waals surface area contributed by atoms with E-state index in [9.17, 15) is 67.2 Å². The van der Waals surface area contributed by atoms with Crippen molar-refractivity contribution in [1.82, 2.24) is 36.6 Å². The number of hydrogen-bond donors (Lipinski definition) is 10. The van der Waals surface area contributed by atoms with Gasteiger partial charge in [-0.3, -0.25) is 19.2 Å². The number of benzene rings is 6. The smallest absolute Gasteiger partial charge is 0.508 e. The number of aliphatic carboxylic acids is 2. The maximum absolute atomic E-state index is 13.8. The van der Waals surface area contributed by atoms with Crippen molar-refractivity contribution in [3.8, 4) is 39.9 Å². The van der Waals surface area contributed by atoms with Gasteiger partial charge in [0.1, 0.15) is 46.9 Å². The van der Waals surface area contributed by atoms with E-state index in [1.807, 2.05) is 0 Å². The molecular formula is C62H57F3N8O14S. The topological polar surface area (TPSA) is 326 Å². The van der Waals surface area contributed by atoms with Crippen LogP contribution in [0.2, 0.25) is 0 Å². The third-order valence-corrected chi connectivity index (χ3v) is 14.9. The summed E-state index contributed by atoms with van der Waals surface area (Å²) < 4.78 is 54.7. The number of thiocarbonyl (C=S) groups is 1. The number of fused-ring (bicyclic) bond motifs is 7. The first-order valence-corrected chi connectivity index (χ1v) is 27.9. The van der Waals surface area contributed by atoms with Gasteiger partial charge in [0, 0.05) is 66.0 Å². The Bertz CT molecular complexity index is 3890. The zero-order chi connectivity index (χ0) is 63.2. The van der Waals surface area contributed by atoms with E-state index in [1.165, 1.54) is 54.6 Å². The number of hydrogen-bond acceptors (Lipinski definition) is 15. The quantitative estimate of drug-likeness (QED) is 0.0177. The van der Waals surface area contributed by atoms with Crippen molar-refractivity contribution in [2.45, 2.75) is 89.4 Å². The average molecular weight is 1230 g/mol. The van der Waals surface area contributed by atoms with Crippen molar-refractivity contribution in [3.63, 3.8) is 0 Å². The lowest BCUT2D eigenvalue weighted by molar-refractivity contribution is -0.274. The molecule has 3 atom stereocenters. The largest absolute Gasteiger partial charge is 0.573 e. The summed E-state index contributed by atoms with van der Waals surface area (Å²) in [5.41, 5.74) is 5.40. The molecule has 0 saturated carbocycles. The Hall–Kier alpha value is -10.4. The third-order valence-electron chi connectivity index (χ3n) is 14.6. The Balaban J connectivity index is 0.748. The summed E-state index contributed by atoms with van der Waals surface area (Å²) in [7, 11) is 0. The second-order valence-corrected chi connectivity index (χ2v) is 21.3. The van der Waals surface area contributed by atoms with Crippen molar-refractivity contribution in [3.05, 3.63) is 166 Å². The van der Waals surface area contributed by atoms with E-state index >= 15 is 0 Å². The van der Waals surface area contributed by atoms with Crippen LogP contribution in [0.25, 0.3) is 22.2 Å². The number of aryl methyl sites for hydroxylation is 3. The molecule has 456 valence electrons. The number of unbranched alkanes of at least 4 members (excludes halogenated alkanes) is 1. The number of phenols is 2. The molecule has 0 bridgehead atoms. The van der Waals surface area contributed by atoms with Crippen molar-refractivity contribution in [2.24, 2.45) is 0 Å². The minimum atomic E-state index is -4.87. The molecule has 10 N–H and O–H groups in total. The molecule has 2 aliphatic rings. The lowest BCUT2D eigenvalue weighted by Gasteiger charge is -2.36. The Morgan fingerprint density at radius 1 is 0.670 bits per heavy atom. The highest BCUT2D eigenvalue weighted by Crippen LogP contribution is 2.57. The summed E-state index contributed by atoms with van der Waals surface area (Å²) in [5.74, 6) is -6.97. The van der Waals surface area contributed by atoms with Crippen LogP contribution in [-0.2, 0) is 40.7 Å². The van der Waals surface area contributed by atoms with Gasteiger partial charge >= 0.3 is 24.3 Å². The highest BCUT2D eigenvalue weighted by Gasteiger charge is 2.54. The van der Waals surface area contributed by atoms with E-state index < -0.39 is 84.5 Å². The van der Waals surface area contributed by atoms with Crippen LogP contribution in [-0.4, -0.2) is 115 Å². The van der Waals surface area contributed by atoms with Gasteiger partial charge in [-0.25, -0.2) is 24.4 Å². The van der Waals surface area contributed by atoms with Crippen molar-refractivity contribution >= 4 is 75.6 Å². The van der Waals surface area contributed by atoms with E-state index in [0.29, 0.717) is 73.5 Å². The molecule has 1 spiro atoms. The Morgan fingerprint density at radius 2 is 1.32 bits per heavy atom. The van der Waals surface area contributed by atoms with Crippen LogP contribution in [0.5, 0.6) is 28.7 Å². The fourth-order valence-corrected chi connectivity index (χ4v) is 10.5. The first kappa shape index (κ1) is 62.2. The second kappa shape index (κ2) is 26.1. The van der Waals surface area contributed by atoms with E-state index in [0.717, 1.165) is 0 Å². The normalized spacial score (nSPS) is 13.7. The molecule has 0 fully saturated rings. The number of nitrogens with zero attached hydrogens (tertiary/aromatic N) is 2. The van der Waals surface area contributed by atoms with Gasteiger partial charge in [-0.05, 0) is 141 Å². The van der Waals surface area contributed by atoms with Gasteiger partial charge in [0.15, 0.2) is 10.7 Å². The van der Waals surface area contributed by atoms with Crippen molar-refractivity contribution < 1.29 is 81.4 Å². The van der Waals surface area contributed by atoms with Gasteiger partial charge < -0.3 is 66.5 Å². The lowest BCUT2D eigenvalue weighted by Crippen LogP contribution is -2.49. The first-order valence-electron chi connectivity index (χ1n) is 27.4. The molecule has 26 heteroatoms. The number of ether oxygens (including phenoxy) is 3. The molecule has 1 aromatic heterocycles. The monoisotopic (exact) mass is 1230 g/mol. The van der Waals surface area contributed by atoms with Crippen LogP contribution in [0.15, 0.2) is 115 Å². The van der Waals surface area contributed by atoms with Crippen LogP contribution in [0.1, 0.15) is 92.0 Å². The molecule has 2 aliphatic heterocycles. The number of phenolic OH excluding ortho intramolecular Hbond substituents is 2. The number of aromatic hydroxyl groups is 2. The molecule has 0 radical (unpaired) electrons. The average Bonchev–Trinajstić information content (AvgIpc) is 1.51. The standard InChI is InChI=1S/C62H57F3N8O14S/c1-31-24-40(86-62(63,64)65)15-16-41(31)35-9-7-34(8-10-35)25-49(73-55(78)36-11-20-46-48(26-36)69-33(3)32(2)68-46)56(79)66-23-21-53(76)72-50(58(82)83)30-54(77)71-47(57(80)81)6-4-5-22-67-60(88)70-37-12-17-43-42(27-37)59(84)87-61(43)44-18-13-38(74)28-51(44)85-52-29-39(75)14-19-45(52)61/h7-20,24,26-29,47,49-50,74-75H,4-6,21-23,25,30H2,1-3H3,(H,66,79)(H,71,77)(H,72,76)(H,73,78)(H,80,81)(H,82,83)(H2,67,70,88)/t47-,49-,50-/m1/s1. The van der Waals surface area contributed by atoms with Crippen molar-refractivity contribution in [2.75, 3.05) is 18.4 Å². The number of halogens is 3. The number of carboxylic acids is 2. The van der Waals surface area contributed by atoms with Gasteiger partial charge in [0.05, 0.1) is 34.4 Å². The summed E-state index contributed by atoms with van der Waals surface area (Å²) in [6, 6.07) is 24.6. The van der Waals surface area contributed by atoms with Crippen LogP contribution < -0.4 is 41.4 Å². The van der Waals surface area contributed by atoms with E-state index in [-0.39, 0.29) is 77.3 Å². The lowest BCUT2D eigenvalue weighted by atomic mass is 9.77. The predicted molar refractivity (Wildman–Crippen MR) is 315 cm³/mol. The van der Waals surface area contributed by atoms with Crippen LogP contribution in [0.4, 0.5) is 18.9 Å².